The third kappa shape index (κ3) is 3.65. The van der Waals surface area contributed by atoms with Gasteiger partial charge in [-0.15, -0.1) is 0 Å². The molecule has 1 atom stereocenters. The van der Waals surface area contributed by atoms with Gasteiger partial charge in [-0.2, -0.15) is 0 Å². The smallest absolute Gasteiger partial charge is 0.126 e. The molecule has 106 valence electrons. The van der Waals surface area contributed by atoms with Crippen molar-refractivity contribution in [3.8, 4) is 0 Å². The third-order valence-corrected chi connectivity index (χ3v) is 3.60. The SMILES string of the molecule is Cc1cccc(CCC(NN)c2ccc(C)c(F)c2)c1. The molecule has 0 bridgehead atoms. The van der Waals surface area contributed by atoms with Gasteiger partial charge < -0.3 is 0 Å². The normalized spacial score (nSPS) is 12.4. The van der Waals surface area contributed by atoms with Crippen LogP contribution < -0.4 is 11.3 Å². The van der Waals surface area contributed by atoms with Crippen molar-refractivity contribution in [2.45, 2.75) is 32.7 Å². The van der Waals surface area contributed by atoms with Crippen LogP contribution in [0.25, 0.3) is 0 Å². The minimum absolute atomic E-state index is 0.0365. The summed E-state index contributed by atoms with van der Waals surface area (Å²) in [5.74, 6) is 5.43. The van der Waals surface area contributed by atoms with Gasteiger partial charge in [-0.3, -0.25) is 11.3 Å². The van der Waals surface area contributed by atoms with Crippen LogP contribution in [0.4, 0.5) is 4.39 Å². The van der Waals surface area contributed by atoms with Crippen LogP contribution in [0.5, 0.6) is 0 Å². The van der Waals surface area contributed by atoms with Gasteiger partial charge in [0.2, 0.25) is 0 Å². The molecular formula is C17H21FN2. The van der Waals surface area contributed by atoms with E-state index in [1.165, 1.54) is 11.1 Å². The highest BCUT2D eigenvalue weighted by Gasteiger charge is 2.11. The van der Waals surface area contributed by atoms with Gasteiger partial charge in [0.15, 0.2) is 0 Å². The zero-order valence-electron chi connectivity index (χ0n) is 12.0. The van der Waals surface area contributed by atoms with Crippen molar-refractivity contribution in [2.75, 3.05) is 0 Å². The van der Waals surface area contributed by atoms with E-state index in [9.17, 15) is 4.39 Å². The molecule has 0 radical (unpaired) electrons. The largest absolute Gasteiger partial charge is 0.271 e. The molecule has 2 aromatic rings. The maximum atomic E-state index is 13.6. The summed E-state index contributed by atoms with van der Waals surface area (Å²) in [4.78, 5) is 0. The molecule has 0 fully saturated rings. The lowest BCUT2D eigenvalue weighted by atomic mass is 9.98. The topological polar surface area (TPSA) is 38.0 Å². The van der Waals surface area contributed by atoms with Crippen LogP contribution in [0.2, 0.25) is 0 Å². The van der Waals surface area contributed by atoms with E-state index in [1.54, 1.807) is 19.1 Å². The lowest BCUT2D eigenvalue weighted by Gasteiger charge is -2.17. The Bertz CT molecular complexity index is 581. The monoisotopic (exact) mass is 272 g/mol. The molecule has 0 saturated heterocycles. The molecule has 1 unspecified atom stereocenters. The fourth-order valence-corrected chi connectivity index (χ4v) is 2.35. The number of halogens is 1. The molecule has 0 aromatic heterocycles. The van der Waals surface area contributed by atoms with Crippen LogP contribution in [0.1, 0.15) is 34.7 Å². The maximum Gasteiger partial charge on any atom is 0.126 e. The van der Waals surface area contributed by atoms with E-state index in [-0.39, 0.29) is 11.9 Å². The summed E-state index contributed by atoms with van der Waals surface area (Å²) in [7, 11) is 0. The van der Waals surface area contributed by atoms with E-state index < -0.39 is 0 Å². The molecule has 2 aromatic carbocycles. The standard InChI is InChI=1S/C17H21FN2/c1-12-4-3-5-14(10-12)7-9-17(20-19)15-8-6-13(2)16(18)11-15/h3-6,8,10-11,17,20H,7,9,19H2,1-2H3. The van der Waals surface area contributed by atoms with Crippen molar-refractivity contribution < 1.29 is 4.39 Å². The van der Waals surface area contributed by atoms with E-state index in [4.69, 9.17) is 5.84 Å². The van der Waals surface area contributed by atoms with Gasteiger partial charge in [0.1, 0.15) is 5.82 Å². The Balaban J connectivity index is 2.07. The van der Waals surface area contributed by atoms with Crippen LogP contribution in [0.15, 0.2) is 42.5 Å². The fourth-order valence-electron chi connectivity index (χ4n) is 2.35. The highest BCUT2D eigenvalue weighted by molar-refractivity contribution is 5.27. The molecule has 0 aliphatic carbocycles. The minimum Gasteiger partial charge on any atom is -0.271 e. The zero-order chi connectivity index (χ0) is 14.5. The lowest BCUT2D eigenvalue weighted by Crippen LogP contribution is -2.28. The third-order valence-electron chi connectivity index (χ3n) is 3.60. The van der Waals surface area contributed by atoms with Gasteiger partial charge in [-0.25, -0.2) is 4.39 Å². The molecule has 3 heteroatoms. The molecule has 2 nitrogen and oxygen atoms in total. The minimum atomic E-state index is -0.182. The quantitative estimate of drug-likeness (QED) is 0.645. The number of hydrogen-bond donors (Lipinski definition) is 2. The van der Waals surface area contributed by atoms with Crippen molar-refractivity contribution in [1.29, 1.82) is 0 Å². The van der Waals surface area contributed by atoms with Gasteiger partial charge in [0.05, 0.1) is 0 Å². The summed E-state index contributed by atoms with van der Waals surface area (Å²) < 4.78 is 13.6. The molecule has 0 aliphatic rings. The maximum absolute atomic E-state index is 13.6. The first kappa shape index (κ1) is 14.7. The van der Waals surface area contributed by atoms with Gasteiger partial charge in [-0.05, 0) is 49.4 Å². The van der Waals surface area contributed by atoms with E-state index in [0.29, 0.717) is 5.56 Å². The van der Waals surface area contributed by atoms with Crippen LogP contribution >= 0.6 is 0 Å². The van der Waals surface area contributed by atoms with Gasteiger partial charge in [-0.1, -0.05) is 42.0 Å². The number of benzene rings is 2. The van der Waals surface area contributed by atoms with Crippen molar-refractivity contribution in [3.63, 3.8) is 0 Å². The van der Waals surface area contributed by atoms with E-state index in [1.807, 2.05) is 6.07 Å². The first-order valence-corrected chi connectivity index (χ1v) is 6.88. The van der Waals surface area contributed by atoms with Gasteiger partial charge in [0, 0.05) is 6.04 Å². The number of hydrazine groups is 1. The summed E-state index contributed by atoms with van der Waals surface area (Å²) in [6, 6.07) is 13.7. The summed E-state index contributed by atoms with van der Waals surface area (Å²) in [5.41, 5.74) is 6.86. The fraction of sp³-hybridized carbons (Fsp3) is 0.294. The first-order chi connectivity index (χ1) is 9.60. The highest BCUT2D eigenvalue weighted by atomic mass is 19.1. The van der Waals surface area contributed by atoms with Crippen LogP contribution in [-0.4, -0.2) is 0 Å². The summed E-state index contributed by atoms with van der Waals surface area (Å²) in [6.45, 7) is 3.84. The first-order valence-electron chi connectivity index (χ1n) is 6.88. The average molecular weight is 272 g/mol. The summed E-state index contributed by atoms with van der Waals surface area (Å²) in [5, 5.41) is 0. The number of nitrogens with one attached hydrogen (secondary N) is 1. The Morgan fingerprint density at radius 3 is 2.60 bits per heavy atom. The van der Waals surface area contributed by atoms with Crippen LogP contribution in [0, 0.1) is 19.7 Å². The number of nitrogens with two attached hydrogens (primary N) is 1. The van der Waals surface area contributed by atoms with Crippen LogP contribution in [-0.2, 0) is 6.42 Å². The second kappa shape index (κ2) is 6.64. The van der Waals surface area contributed by atoms with E-state index in [2.05, 4.69) is 36.6 Å². The second-order valence-electron chi connectivity index (χ2n) is 5.26. The summed E-state index contributed by atoms with van der Waals surface area (Å²) >= 11 is 0. The Hall–Kier alpha value is -1.71. The summed E-state index contributed by atoms with van der Waals surface area (Å²) in [6.07, 6.45) is 1.74. The van der Waals surface area contributed by atoms with Gasteiger partial charge >= 0.3 is 0 Å². The van der Waals surface area contributed by atoms with Gasteiger partial charge in [0.25, 0.3) is 0 Å². The molecule has 0 saturated carbocycles. The highest BCUT2D eigenvalue weighted by Crippen LogP contribution is 2.21. The number of rotatable bonds is 5. The van der Waals surface area contributed by atoms with E-state index >= 15 is 0 Å². The van der Waals surface area contributed by atoms with Crippen molar-refractivity contribution >= 4 is 0 Å². The average Bonchev–Trinajstić information content (AvgIpc) is 2.43. The number of hydrogen-bond acceptors (Lipinski definition) is 2. The molecule has 0 aliphatic heterocycles. The zero-order valence-corrected chi connectivity index (χ0v) is 12.0. The molecule has 2 rings (SSSR count). The van der Waals surface area contributed by atoms with Crippen molar-refractivity contribution in [2.24, 2.45) is 5.84 Å². The Labute approximate surface area is 119 Å². The van der Waals surface area contributed by atoms with Crippen molar-refractivity contribution in [3.05, 3.63) is 70.5 Å². The number of aryl methyl sites for hydroxylation is 3. The molecular weight excluding hydrogens is 251 g/mol. The lowest BCUT2D eigenvalue weighted by molar-refractivity contribution is 0.511. The molecule has 20 heavy (non-hydrogen) atoms. The molecule has 0 spiro atoms. The molecule has 0 amide bonds. The Morgan fingerprint density at radius 2 is 1.95 bits per heavy atom. The predicted octanol–water partition coefficient (Wildman–Crippen LogP) is 3.58. The van der Waals surface area contributed by atoms with Crippen molar-refractivity contribution in [1.82, 2.24) is 5.43 Å². The molecule has 3 N–H and O–H groups in total. The second-order valence-corrected chi connectivity index (χ2v) is 5.26. The Morgan fingerprint density at radius 1 is 1.15 bits per heavy atom. The molecule has 0 heterocycles. The van der Waals surface area contributed by atoms with E-state index in [0.717, 1.165) is 18.4 Å². The predicted molar refractivity (Wildman–Crippen MR) is 80.7 cm³/mol. The Kier molecular flexibility index (Phi) is 4.88. The van der Waals surface area contributed by atoms with Crippen LogP contribution in [0.3, 0.4) is 0 Å².